The Bertz CT molecular complexity index is 908. The molecule has 2 heterocycles. The van der Waals surface area contributed by atoms with Crippen molar-refractivity contribution in [1.82, 2.24) is 9.88 Å². The van der Waals surface area contributed by atoms with Gasteiger partial charge in [-0.2, -0.15) is 0 Å². The van der Waals surface area contributed by atoms with Crippen LogP contribution in [0.25, 0.3) is 0 Å². The van der Waals surface area contributed by atoms with Crippen LogP contribution in [-0.2, 0) is 26.0 Å². The number of amides is 1. The molecule has 1 fully saturated rings. The first kappa shape index (κ1) is 19.1. The second-order valence-corrected chi connectivity index (χ2v) is 8.70. The second-order valence-electron chi connectivity index (χ2n) is 5.78. The molecule has 0 aliphatic carbocycles. The molecule has 1 saturated heterocycles. The number of nitrogens with zero attached hydrogens (tertiary/aromatic N) is 2. The van der Waals surface area contributed by atoms with Gasteiger partial charge in [-0.05, 0) is 24.6 Å². The molecule has 2 aromatic rings. The molecule has 3 rings (SSSR count). The Kier molecular flexibility index (Phi) is 5.81. The molecule has 1 amide bonds. The lowest BCUT2D eigenvalue weighted by Gasteiger charge is -2.26. The van der Waals surface area contributed by atoms with Crippen LogP contribution in [-0.4, -0.2) is 50.5 Å². The standard InChI is InChI=1S/C16H18ClN3O4S2/c1-11-13(17)3-2-4-14(11)26(22,23)19-16-18-12(10-25-16)9-15(21)20-5-7-24-8-6-20/h2-4,10H,5-9H2,1H3,(H,18,19). The van der Waals surface area contributed by atoms with E-state index in [9.17, 15) is 13.2 Å². The third-order valence-corrected chi connectivity index (χ3v) is 6.81. The molecule has 0 radical (unpaired) electrons. The quantitative estimate of drug-likeness (QED) is 0.809. The van der Waals surface area contributed by atoms with Crippen molar-refractivity contribution in [2.45, 2.75) is 18.2 Å². The summed E-state index contributed by atoms with van der Waals surface area (Å²) in [6, 6.07) is 4.70. The van der Waals surface area contributed by atoms with E-state index in [-0.39, 0.29) is 22.4 Å². The van der Waals surface area contributed by atoms with Crippen LogP contribution in [0.1, 0.15) is 11.3 Å². The fourth-order valence-electron chi connectivity index (χ4n) is 2.56. The van der Waals surface area contributed by atoms with E-state index in [0.717, 1.165) is 11.3 Å². The molecule has 1 aromatic heterocycles. The average Bonchev–Trinajstić information content (AvgIpc) is 3.04. The smallest absolute Gasteiger partial charge is 0.263 e. The third kappa shape index (κ3) is 4.35. The number of carbonyl (C=O) groups excluding carboxylic acids is 1. The van der Waals surface area contributed by atoms with Crippen molar-refractivity contribution in [1.29, 1.82) is 0 Å². The number of hydrogen-bond acceptors (Lipinski definition) is 6. The molecule has 1 aliphatic heterocycles. The molecular weight excluding hydrogens is 398 g/mol. The van der Waals surface area contributed by atoms with Crippen LogP contribution in [0.2, 0.25) is 5.02 Å². The number of hydrogen-bond donors (Lipinski definition) is 1. The number of ether oxygens (including phenoxy) is 1. The van der Waals surface area contributed by atoms with Crippen LogP contribution in [0.15, 0.2) is 28.5 Å². The minimum Gasteiger partial charge on any atom is -0.378 e. The van der Waals surface area contributed by atoms with E-state index < -0.39 is 10.0 Å². The Balaban J connectivity index is 1.69. The molecule has 1 aliphatic rings. The van der Waals surface area contributed by atoms with Gasteiger partial charge in [-0.15, -0.1) is 11.3 Å². The Morgan fingerprint density at radius 1 is 1.38 bits per heavy atom. The molecule has 0 atom stereocenters. The lowest BCUT2D eigenvalue weighted by Crippen LogP contribution is -2.41. The predicted molar refractivity (Wildman–Crippen MR) is 100 cm³/mol. The van der Waals surface area contributed by atoms with Crippen molar-refractivity contribution in [3.8, 4) is 0 Å². The Labute approximate surface area is 161 Å². The van der Waals surface area contributed by atoms with E-state index in [0.29, 0.717) is 42.6 Å². The number of anilines is 1. The van der Waals surface area contributed by atoms with Gasteiger partial charge in [0.1, 0.15) is 0 Å². The number of benzene rings is 1. The first-order valence-electron chi connectivity index (χ1n) is 7.94. The van der Waals surface area contributed by atoms with Crippen LogP contribution < -0.4 is 4.72 Å². The normalized spacial score (nSPS) is 15.1. The lowest BCUT2D eigenvalue weighted by atomic mass is 10.2. The maximum Gasteiger partial charge on any atom is 0.263 e. The highest BCUT2D eigenvalue weighted by atomic mass is 35.5. The van der Waals surface area contributed by atoms with Gasteiger partial charge in [-0.25, -0.2) is 13.4 Å². The minimum atomic E-state index is -3.80. The monoisotopic (exact) mass is 415 g/mol. The van der Waals surface area contributed by atoms with Crippen molar-refractivity contribution in [3.63, 3.8) is 0 Å². The molecule has 26 heavy (non-hydrogen) atoms. The van der Waals surface area contributed by atoms with Crippen molar-refractivity contribution < 1.29 is 17.9 Å². The number of halogens is 1. The second kappa shape index (κ2) is 7.91. The van der Waals surface area contributed by atoms with E-state index in [1.807, 2.05) is 0 Å². The number of nitrogens with one attached hydrogen (secondary N) is 1. The zero-order valence-electron chi connectivity index (χ0n) is 14.1. The van der Waals surface area contributed by atoms with Gasteiger partial charge < -0.3 is 9.64 Å². The van der Waals surface area contributed by atoms with E-state index in [1.54, 1.807) is 29.3 Å². The average molecular weight is 416 g/mol. The van der Waals surface area contributed by atoms with Crippen molar-refractivity contribution in [3.05, 3.63) is 39.9 Å². The van der Waals surface area contributed by atoms with Gasteiger partial charge in [-0.1, -0.05) is 17.7 Å². The largest absolute Gasteiger partial charge is 0.378 e. The molecule has 0 saturated carbocycles. The fraction of sp³-hybridized carbons (Fsp3) is 0.375. The van der Waals surface area contributed by atoms with E-state index in [4.69, 9.17) is 16.3 Å². The van der Waals surface area contributed by atoms with Crippen LogP contribution in [0.5, 0.6) is 0 Å². The summed E-state index contributed by atoms with van der Waals surface area (Å²) in [7, 11) is -3.80. The molecule has 0 spiro atoms. The van der Waals surface area contributed by atoms with Crippen LogP contribution in [0, 0.1) is 6.92 Å². The van der Waals surface area contributed by atoms with Crippen LogP contribution in [0.3, 0.4) is 0 Å². The van der Waals surface area contributed by atoms with Crippen LogP contribution in [0.4, 0.5) is 5.13 Å². The van der Waals surface area contributed by atoms with Gasteiger partial charge >= 0.3 is 0 Å². The van der Waals surface area contributed by atoms with E-state index in [1.165, 1.54) is 6.07 Å². The molecule has 0 bridgehead atoms. The summed E-state index contributed by atoms with van der Waals surface area (Å²) in [6.45, 7) is 3.85. The summed E-state index contributed by atoms with van der Waals surface area (Å²) in [5.74, 6) is -0.0429. The first-order chi connectivity index (χ1) is 12.4. The zero-order valence-corrected chi connectivity index (χ0v) is 16.5. The summed E-state index contributed by atoms with van der Waals surface area (Å²) in [4.78, 5) is 18.3. The Hall–Kier alpha value is -1.68. The summed E-state index contributed by atoms with van der Waals surface area (Å²) in [6.07, 6.45) is 0.133. The van der Waals surface area contributed by atoms with Crippen molar-refractivity contribution in [2.24, 2.45) is 0 Å². The topological polar surface area (TPSA) is 88.6 Å². The number of carbonyl (C=O) groups is 1. The molecule has 1 N–H and O–H groups in total. The molecule has 1 aromatic carbocycles. The number of rotatable bonds is 5. The van der Waals surface area contributed by atoms with Gasteiger partial charge in [0, 0.05) is 23.5 Å². The first-order valence-corrected chi connectivity index (χ1v) is 10.7. The van der Waals surface area contributed by atoms with Gasteiger partial charge in [0.05, 0.1) is 30.2 Å². The van der Waals surface area contributed by atoms with Gasteiger partial charge in [0.15, 0.2) is 5.13 Å². The fourth-order valence-corrected chi connectivity index (χ4v) is 5.03. The van der Waals surface area contributed by atoms with Crippen molar-refractivity contribution in [2.75, 3.05) is 31.0 Å². The Morgan fingerprint density at radius 2 is 2.12 bits per heavy atom. The minimum absolute atomic E-state index is 0.0429. The van der Waals surface area contributed by atoms with Gasteiger partial charge in [0.25, 0.3) is 10.0 Å². The predicted octanol–water partition coefficient (Wildman–Crippen LogP) is 2.31. The van der Waals surface area contributed by atoms with E-state index >= 15 is 0 Å². The number of thiazole rings is 1. The highest BCUT2D eigenvalue weighted by Gasteiger charge is 2.21. The number of aromatic nitrogens is 1. The lowest BCUT2D eigenvalue weighted by molar-refractivity contribution is -0.134. The highest BCUT2D eigenvalue weighted by Crippen LogP contribution is 2.26. The van der Waals surface area contributed by atoms with Gasteiger partial charge in [0.2, 0.25) is 5.91 Å². The Morgan fingerprint density at radius 3 is 2.85 bits per heavy atom. The molecule has 140 valence electrons. The summed E-state index contributed by atoms with van der Waals surface area (Å²) in [5, 5.41) is 2.28. The third-order valence-electron chi connectivity index (χ3n) is 3.98. The number of sulfonamides is 1. The molecular formula is C16H18ClN3O4S2. The molecule has 0 unspecified atom stereocenters. The SMILES string of the molecule is Cc1c(Cl)cccc1S(=O)(=O)Nc1nc(CC(=O)N2CCOCC2)cs1. The zero-order chi connectivity index (χ0) is 18.7. The molecule has 10 heteroatoms. The molecule has 7 nitrogen and oxygen atoms in total. The van der Waals surface area contributed by atoms with Crippen LogP contribution >= 0.6 is 22.9 Å². The maximum absolute atomic E-state index is 12.6. The summed E-state index contributed by atoms with van der Waals surface area (Å²) in [5.41, 5.74) is 1.01. The number of morpholine rings is 1. The summed E-state index contributed by atoms with van der Waals surface area (Å²) < 4.78 is 32.8. The van der Waals surface area contributed by atoms with E-state index in [2.05, 4.69) is 9.71 Å². The highest BCUT2D eigenvalue weighted by molar-refractivity contribution is 7.93. The van der Waals surface area contributed by atoms with Gasteiger partial charge in [-0.3, -0.25) is 9.52 Å². The van der Waals surface area contributed by atoms with Crippen molar-refractivity contribution >= 4 is 44.0 Å². The maximum atomic E-state index is 12.6. The summed E-state index contributed by atoms with van der Waals surface area (Å²) >= 11 is 7.14.